The Morgan fingerprint density at radius 3 is 2.47 bits per heavy atom. The molecule has 7 heteroatoms. The highest BCUT2D eigenvalue weighted by molar-refractivity contribution is 5.80. The highest BCUT2D eigenvalue weighted by Gasteiger charge is 2.20. The van der Waals surface area contributed by atoms with Gasteiger partial charge in [0.25, 0.3) is 0 Å². The first-order valence-electron chi connectivity index (χ1n) is 10.6. The van der Waals surface area contributed by atoms with E-state index in [1.54, 1.807) is 0 Å². The van der Waals surface area contributed by atoms with Crippen molar-refractivity contribution in [2.24, 2.45) is 4.99 Å². The highest BCUT2D eigenvalue weighted by Crippen LogP contribution is 2.14. The van der Waals surface area contributed by atoms with Crippen molar-refractivity contribution in [3.63, 3.8) is 0 Å². The van der Waals surface area contributed by atoms with Crippen LogP contribution in [-0.2, 0) is 13.1 Å². The van der Waals surface area contributed by atoms with Crippen molar-refractivity contribution in [3.05, 3.63) is 78.2 Å². The number of rotatable bonds is 6. The monoisotopic (exact) mass is 403 g/mol. The van der Waals surface area contributed by atoms with Gasteiger partial charge in [-0.25, -0.2) is 9.98 Å². The fraction of sp³-hybridized carbons (Fsp3) is 0.348. The van der Waals surface area contributed by atoms with E-state index >= 15 is 0 Å². The van der Waals surface area contributed by atoms with Gasteiger partial charge in [-0.3, -0.25) is 4.68 Å². The van der Waals surface area contributed by atoms with Crippen LogP contribution in [0.15, 0.2) is 72.1 Å². The third-order valence-corrected chi connectivity index (χ3v) is 5.30. The van der Waals surface area contributed by atoms with Crippen molar-refractivity contribution in [3.8, 4) is 0 Å². The molecule has 0 amide bonds. The van der Waals surface area contributed by atoms with Crippen molar-refractivity contribution >= 4 is 11.8 Å². The van der Waals surface area contributed by atoms with E-state index in [2.05, 4.69) is 62.5 Å². The molecule has 1 fully saturated rings. The molecular formula is C23H29N7. The molecule has 7 nitrogen and oxygen atoms in total. The number of hydrogen-bond donors (Lipinski definition) is 1. The zero-order chi connectivity index (χ0) is 20.6. The lowest BCUT2D eigenvalue weighted by Gasteiger charge is -2.37. The van der Waals surface area contributed by atoms with Crippen LogP contribution in [0, 0.1) is 0 Å². The molecule has 0 unspecified atom stereocenters. The standard InChI is InChI=1S/C23H29N7/c1-2-24-23(29-16-14-28(15-17-29)22-10-5-6-11-25-22)26-18-20-8-3-4-9-21(20)19-30-13-7-12-27-30/h3-13H,2,14-19H2,1H3,(H,24,26). The van der Waals surface area contributed by atoms with Crippen molar-refractivity contribution in [2.45, 2.75) is 20.0 Å². The first-order valence-corrected chi connectivity index (χ1v) is 10.6. The fourth-order valence-electron chi connectivity index (χ4n) is 3.71. The second-order valence-electron chi connectivity index (χ2n) is 7.30. The molecule has 0 bridgehead atoms. The minimum atomic E-state index is 0.653. The molecule has 0 saturated carbocycles. The Balaban J connectivity index is 1.42. The minimum Gasteiger partial charge on any atom is -0.357 e. The molecule has 1 N–H and O–H groups in total. The fourth-order valence-corrected chi connectivity index (χ4v) is 3.71. The van der Waals surface area contributed by atoms with Gasteiger partial charge in [0.05, 0.1) is 13.1 Å². The predicted octanol–water partition coefficient (Wildman–Crippen LogP) is 2.61. The van der Waals surface area contributed by atoms with Gasteiger partial charge in [0, 0.05) is 51.3 Å². The summed E-state index contributed by atoms with van der Waals surface area (Å²) in [7, 11) is 0. The number of nitrogens with one attached hydrogen (secondary N) is 1. The Morgan fingerprint density at radius 1 is 0.967 bits per heavy atom. The maximum atomic E-state index is 4.96. The Hall–Kier alpha value is -3.35. The summed E-state index contributed by atoms with van der Waals surface area (Å²) in [4.78, 5) is 14.1. The van der Waals surface area contributed by atoms with Gasteiger partial charge in [0.1, 0.15) is 5.82 Å². The van der Waals surface area contributed by atoms with Gasteiger partial charge in [-0.1, -0.05) is 30.3 Å². The lowest BCUT2D eigenvalue weighted by atomic mass is 10.1. The van der Waals surface area contributed by atoms with Crippen LogP contribution in [0.3, 0.4) is 0 Å². The van der Waals surface area contributed by atoms with E-state index in [0.717, 1.165) is 51.0 Å². The largest absolute Gasteiger partial charge is 0.357 e. The van der Waals surface area contributed by atoms with E-state index in [9.17, 15) is 0 Å². The molecule has 156 valence electrons. The zero-order valence-corrected chi connectivity index (χ0v) is 17.5. The van der Waals surface area contributed by atoms with Crippen molar-refractivity contribution in [1.29, 1.82) is 0 Å². The molecule has 0 spiro atoms. The van der Waals surface area contributed by atoms with E-state index < -0.39 is 0 Å². The molecule has 1 aromatic carbocycles. The summed E-state index contributed by atoms with van der Waals surface area (Å²) >= 11 is 0. The number of anilines is 1. The maximum absolute atomic E-state index is 4.96. The van der Waals surface area contributed by atoms with Crippen LogP contribution in [0.25, 0.3) is 0 Å². The van der Waals surface area contributed by atoms with Crippen LogP contribution in [0.4, 0.5) is 5.82 Å². The van der Waals surface area contributed by atoms with Crippen molar-refractivity contribution < 1.29 is 0 Å². The third-order valence-electron chi connectivity index (χ3n) is 5.30. The van der Waals surface area contributed by atoms with Crippen LogP contribution in [0.1, 0.15) is 18.1 Å². The van der Waals surface area contributed by atoms with Gasteiger partial charge in [0.2, 0.25) is 0 Å². The summed E-state index contributed by atoms with van der Waals surface area (Å²) in [6.07, 6.45) is 5.66. The topological polar surface area (TPSA) is 61.6 Å². The van der Waals surface area contributed by atoms with E-state index in [1.807, 2.05) is 41.5 Å². The lowest BCUT2D eigenvalue weighted by molar-refractivity contribution is 0.371. The first-order chi connectivity index (χ1) is 14.8. The van der Waals surface area contributed by atoms with Gasteiger partial charge >= 0.3 is 0 Å². The van der Waals surface area contributed by atoms with Crippen LogP contribution < -0.4 is 10.2 Å². The van der Waals surface area contributed by atoms with Gasteiger partial charge in [-0.05, 0) is 36.2 Å². The number of nitrogens with zero attached hydrogens (tertiary/aromatic N) is 6. The summed E-state index contributed by atoms with van der Waals surface area (Å²) < 4.78 is 1.95. The summed E-state index contributed by atoms with van der Waals surface area (Å²) in [5.41, 5.74) is 2.48. The summed E-state index contributed by atoms with van der Waals surface area (Å²) in [6, 6.07) is 16.5. The van der Waals surface area contributed by atoms with Crippen LogP contribution in [0.2, 0.25) is 0 Å². The molecule has 0 aliphatic carbocycles. The van der Waals surface area contributed by atoms with Crippen molar-refractivity contribution in [1.82, 2.24) is 25.0 Å². The predicted molar refractivity (Wildman–Crippen MR) is 121 cm³/mol. The zero-order valence-electron chi connectivity index (χ0n) is 17.5. The van der Waals surface area contributed by atoms with Gasteiger partial charge in [0.15, 0.2) is 5.96 Å². The molecular weight excluding hydrogens is 374 g/mol. The normalized spacial score (nSPS) is 14.8. The molecule has 1 saturated heterocycles. The number of pyridine rings is 1. The Kier molecular flexibility index (Phi) is 6.59. The lowest BCUT2D eigenvalue weighted by Crippen LogP contribution is -2.52. The van der Waals surface area contributed by atoms with Crippen LogP contribution in [-0.4, -0.2) is 58.3 Å². The average Bonchev–Trinajstić information content (AvgIpc) is 3.31. The Morgan fingerprint density at radius 2 is 1.77 bits per heavy atom. The van der Waals surface area contributed by atoms with E-state index in [0.29, 0.717) is 6.54 Å². The summed E-state index contributed by atoms with van der Waals surface area (Å²) in [5.74, 6) is 2.03. The molecule has 3 aromatic rings. The van der Waals surface area contributed by atoms with E-state index in [-0.39, 0.29) is 0 Å². The molecule has 2 aromatic heterocycles. The first kappa shape index (κ1) is 19.9. The molecule has 1 aliphatic heterocycles. The number of hydrogen-bond acceptors (Lipinski definition) is 4. The van der Waals surface area contributed by atoms with Gasteiger partial charge in [-0.2, -0.15) is 5.10 Å². The van der Waals surface area contributed by atoms with Crippen LogP contribution >= 0.6 is 0 Å². The highest BCUT2D eigenvalue weighted by atomic mass is 15.4. The number of aliphatic imine (C=N–C) groups is 1. The van der Waals surface area contributed by atoms with Gasteiger partial charge in [-0.15, -0.1) is 0 Å². The van der Waals surface area contributed by atoms with E-state index in [1.165, 1.54) is 11.1 Å². The SMILES string of the molecule is CCNC(=NCc1ccccc1Cn1cccn1)N1CCN(c2ccccn2)CC1. The summed E-state index contributed by atoms with van der Waals surface area (Å²) in [5, 5.41) is 7.80. The second kappa shape index (κ2) is 9.91. The number of guanidine groups is 1. The number of benzene rings is 1. The summed E-state index contributed by atoms with van der Waals surface area (Å²) in [6.45, 7) is 8.13. The Bertz CT molecular complexity index is 929. The van der Waals surface area contributed by atoms with Crippen molar-refractivity contribution in [2.75, 3.05) is 37.6 Å². The second-order valence-corrected chi connectivity index (χ2v) is 7.30. The Labute approximate surface area is 178 Å². The quantitative estimate of drug-likeness (QED) is 0.506. The average molecular weight is 404 g/mol. The smallest absolute Gasteiger partial charge is 0.194 e. The van der Waals surface area contributed by atoms with E-state index in [4.69, 9.17) is 4.99 Å². The molecule has 0 atom stereocenters. The number of aromatic nitrogens is 3. The number of piperazine rings is 1. The molecule has 4 rings (SSSR count). The molecule has 0 radical (unpaired) electrons. The van der Waals surface area contributed by atoms with Crippen LogP contribution in [0.5, 0.6) is 0 Å². The third kappa shape index (κ3) is 4.97. The molecule has 30 heavy (non-hydrogen) atoms. The maximum Gasteiger partial charge on any atom is 0.194 e. The minimum absolute atomic E-state index is 0.653. The molecule has 1 aliphatic rings. The van der Waals surface area contributed by atoms with Gasteiger partial charge < -0.3 is 15.1 Å². The molecule has 3 heterocycles.